The van der Waals surface area contributed by atoms with Crippen molar-refractivity contribution in [2.75, 3.05) is 56.2 Å². The molecule has 10 nitrogen and oxygen atoms in total. The number of anilines is 3. The lowest BCUT2D eigenvalue weighted by molar-refractivity contribution is -0.149. The van der Waals surface area contributed by atoms with E-state index in [4.69, 9.17) is 14.8 Å². The third-order valence-corrected chi connectivity index (χ3v) is 10.2. The van der Waals surface area contributed by atoms with Crippen LogP contribution < -0.4 is 9.80 Å². The zero-order valence-corrected chi connectivity index (χ0v) is 24.9. The van der Waals surface area contributed by atoms with Crippen LogP contribution in [0.2, 0.25) is 0 Å². The summed E-state index contributed by atoms with van der Waals surface area (Å²) in [7, 11) is 1.92. The van der Waals surface area contributed by atoms with Crippen LogP contribution >= 0.6 is 11.3 Å². The largest absolute Gasteiger partial charge is 0.381 e. The molecule has 12 heteroatoms. The molecule has 1 amide bonds. The molecule has 1 saturated carbocycles. The van der Waals surface area contributed by atoms with E-state index < -0.39 is 5.95 Å². The fourth-order valence-electron chi connectivity index (χ4n) is 6.68. The van der Waals surface area contributed by atoms with E-state index in [1.165, 1.54) is 11.3 Å². The Morgan fingerprint density at radius 2 is 1.93 bits per heavy atom. The number of fused-ring (bicyclic) bond motifs is 1. The van der Waals surface area contributed by atoms with Gasteiger partial charge in [0.05, 0.1) is 29.6 Å². The van der Waals surface area contributed by atoms with Gasteiger partial charge in [-0.2, -0.15) is 19.7 Å². The number of rotatable bonds is 6. The van der Waals surface area contributed by atoms with Crippen molar-refractivity contribution in [1.82, 2.24) is 24.6 Å². The number of pyridine rings is 1. The second-order valence-corrected chi connectivity index (χ2v) is 13.5. The van der Waals surface area contributed by atoms with Crippen LogP contribution in [0.5, 0.6) is 0 Å². The van der Waals surface area contributed by atoms with Gasteiger partial charge in [0.2, 0.25) is 11.9 Å². The zero-order valence-electron chi connectivity index (χ0n) is 24.1. The number of halogens is 1. The van der Waals surface area contributed by atoms with E-state index in [1.54, 1.807) is 0 Å². The Hall–Kier alpha value is -4.08. The molecule has 0 radical (unpaired) electrons. The number of hydrogen-bond donors (Lipinski definition) is 0. The number of nitrogens with zero attached hydrogens (tertiary/aromatic N) is 8. The smallest absolute Gasteiger partial charge is 0.238 e. The minimum absolute atomic E-state index is 0.00922. The Kier molecular flexibility index (Phi) is 6.00. The van der Waals surface area contributed by atoms with Gasteiger partial charge in [-0.05, 0) is 32.3 Å². The van der Waals surface area contributed by atoms with Crippen LogP contribution in [-0.4, -0.2) is 77.0 Å². The van der Waals surface area contributed by atoms with Gasteiger partial charge >= 0.3 is 0 Å². The molecule has 0 bridgehead atoms. The van der Waals surface area contributed by atoms with Crippen molar-refractivity contribution in [3.05, 3.63) is 46.7 Å². The number of aryl methyl sites for hydroxylation is 1. The minimum Gasteiger partial charge on any atom is -0.381 e. The molecule has 3 saturated heterocycles. The van der Waals surface area contributed by atoms with E-state index in [0.717, 1.165) is 41.6 Å². The lowest BCUT2D eigenvalue weighted by Gasteiger charge is -2.61. The van der Waals surface area contributed by atoms with Crippen LogP contribution in [0.4, 0.5) is 21.0 Å². The zero-order chi connectivity index (χ0) is 29.5. The molecular formula is C31H31FN8O2S. The first-order valence-electron chi connectivity index (χ1n) is 14.7. The highest BCUT2D eigenvalue weighted by Gasteiger charge is 2.54. The van der Waals surface area contributed by atoms with Gasteiger partial charge in [-0.1, -0.05) is 41.2 Å². The number of aromatic nitrogens is 4. The van der Waals surface area contributed by atoms with Gasteiger partial charge < -0.3 is 19.4 Å². The van der Waals surface area contributed by atoms with E-state index >= 15 is 4.39 Å². The molecule has 220 valence electrons. The Labute approximate surface area is 252 Å². The molecule has 43 heavy (non-hydrogen) atoms. The quantitative estimate of drug-likeness (QED) is 0.295. The van der Waals surface area contributed by atoms with Gasteiger partial charge in [-0.25, -0.2) is 9.67 Å². The van der Waals surface area contributed by atoms with Crippen molar-refractivity contribution in [1.29, 1.82) is 5.26 Å². The van der Waals surface area contributed by atoms with Crippen molar-refractivity contribution in [2.45, 2.75) is 32.2 Å². The molecule has 3 aliphatic heterocycles. The highest BCUT2D eigenvalue weighted by atomic mass is 32.1. The molecule has 0 unspecified atom stereocenters. The SMILES string of the molecule is Cc1ccc(-c2nc(N(C)c3c4cc(N5CC6(CN(C(=O)[C@H]7CCOC7)C6)C5)c(F)nc4nn3C3CC3)sc2C#N)cc1. The van der Waals surface area contributed by atoms with Crippen molar-refractivity contribution in [3.8, 4) is 17.3 Å². The Balaban J connectivity index is 1.08. The number of thiazole rings is 1. The molecule has 4 aliphatic rings. The van der Waals surface area contributed by atoms with Crippen molar-refractivity contribution in [3.63, 3.8) is 0 Å². The van der Waals surface area contributed by atoms with Crippen LogP contribution in [0.25, 0.3) is 22.3 Å². The number of carbonyl (C=O) groups is 1. The highest BCUT2D eigenvalue weighted by Crippen LogP contribution is 2.47. The number of carbonyl (C=O) groups excluding carboxylic acids is 1. The molecule has 4 fully saturated rings. The molecule has 3 aromatic heterocycles. The first-order valence-corrected chi connectivity index (χ1v) is 15.6. The molecule has 1 aromatic carbocycles. The average molecular weight is 599 g/mol. The van der Waals surface area contributed by atoms with E-state index in [-0.39, 0.29) is 23.3 Å². The highest BCUT2D eigenvalue weighted by molar-refractivity contribution is 7.16. The third kappa shape index (κ3) is 4.36. The van der Waals surface area contributed by atoms with Crippen molar-refractivity contribution >= 4 is 44.9 Å². The fraction of sp³-hybridized carbons (Fsp3) is 0.452. The number of amides is 1. The number of nitriles is 1. The number of ether oxygens (including phenoxy) is 1. The van der Waals surface area contributed by atoms with Gasteiger partial charge in [-0.15, -0.1) is 0 Å². The molecular weight excluding hydrogens is 567 g/mol. The van der Waals surface area contributed by atoms with Gasteiger partial charge in [-0.3, -0.25) is 4.79 Å². The molecule has 1 spiro atoms. The Bertz CT molecular complexity index is 1790. The summed E-state index contributed by atoms with van der Waals surface area (Å²) in [6.07, 6.45) is 2.79. The minimum atomic E-state index is -0.532. The second kappa shape index (κ2) is 9.72. The standard InChI is InChI=1S/C31H31FN8O2S/c1-18-3-5-19(6-4-18)25-24(12-33)43-30(34-25)37(2)28-22-11-23(26(32)35-27(22)36-40(28)21-7-8-21)38-14-31(15-38)16-39(17-31)29(41)20-9-10-42-13-20/h3-6,11,20-21H,7-10,13-17H2,1-2H3/t20-/m0/s1. The summed E-state index contributed by atoms with van der Waals surface area (Å²) in [4.78, 5) is 28.4. The normalized spacial score (nSPS) is 20.7. The van der Waals surface area contributed by atoms with Gasteiger partial charge in [0.1, 0.15) is 22.5 Å². The van der Waals surface area contributed by atoms with E-state index in [1.807, 2.05) is 63.7 Å². The van der Waals surface area contributed by atoms with Crippen LogP contribution in [-0.2, 0) is 9.53 Å². The molecule has 6 heterocycles. The monoisotopic (exact) mass is 598 g/mol. The van der Waals surface area contributed by atoms with E-state index in [0.29, 0.717) is 66.4 Å². The number of likely N-dealkylation sites (tertiary alicyclic amines) is 1. The van der Waals surface area contributed by atoms with Crippen molar-refractivity contribution < 1.29 is 13.9 Å². The third-order valence-electron chi connectivity index (χ3n) is 9.17. The summed E-state index contributed by atoms with van der Waals surface area (Å²) in [5.74, 6) is 0.429. The molecule has 0 N–H and O–H groups in total. The predicted molar refractivity (Wildman–Crippen MR) is 161 cm³/mol. The van der Waals surface area contributed by atoms with Crippen LogP contribution in [0.15, 0.2) is 30.3 Å². The maximum Gasteiger partial charge on any atom is 0.238 e. The summed E-state index contributed by atoms with van der Waals surface area (Å²) in [6, 6.07) is 12.4. The predicted octanol–water partition coefficient (Wildman–Crippen LogP) is 4.66. The maximum atomic E-state index is 15.4. The first kappa shape index (κ1) is 26.5. The molecule has 1 atom stereocenters. The van der Waals surface area contributed by atoms with Crippen LogP contribution in [0.1, 0.15) is 35.7 Å². The average Bonchev–Trinajstić information content (AvgIpc) is 3.33. The Morgan fingerprint density at radius 3 is 2.60 bits per heavy atom. The fourth-order valence-corrected chi connectivity index (χ4v) is 7.53. The first-order chi connectivity index (χ1) is 20.8. The van der Waals surface area contributed by atoms with Gasteiger partial charge in [0, 0.05) is 50.8 Å². The van der Waals surface area contributed by atoms with Crippen molar-refractivity contribution in [2.24, 2.45) is 11.3 Å². The van der Waals surface area contributed by atoms with E-state index in [9.17, 15) is 10.1 Å². The van der Waals surface area contributed by atoms with Gasteiger partial charge in [0.25, 0.3) is 0 Å². The van der Waals surface area contributed by atoms with Gasteiger partial charge in [0.15, 0.2) is 10.8 Å². The summed E-state index contributed by atoms with van der Waals surface area (Å²) in [5, 5.41) is 16.1. The lowest BCUT2D eigenvalue weighted by Crippen LogP contribution is -2.73. The van der Waals surface area contributed by atoms with Crippen LogP contribution in [0, 0.1) is 35.5 Å². The summed E-state index contributed by atoms with van der Waals surface area (Å²) >= 11 is 1.33. The Morgan fingerprint density at radius 1 is 1.16 bits per heavy atom. The summed E-state index contributed by atoms with van der Waals surface area (Å²) in [5.41, 5.74) is 3.51. The lowest BCUT2D eigenvalue weighted by atomic mass is 9.72. The summed E-state index contributed by atoms with van der Waals surface area (Å²) < 4.78 is 22.8. The number of benzene rings is 1. The number of hydrogen-bond acceptors (Lipinski definition) is 9. The molecule has 4 aromatic rings. The van der Waals surface area contributed by atoms with E-state index in [2.05, 4.69) is 11.1 Å². The van der Waals surface area contributed by atoms with Crippen LogP contribution in [0.3, 0.4) is 0 Å². The summed E-state index contributed by atoms with van der Waals surface area (Å²) in [6.45, 7) is 5.98. The topological polar surface area (TPSA) is 103 Å². The molecule has 1 aliphatic carbocycles. The maximum absolute atomic E-state index is 15.4. The molecule has 8 rings (SSSR count). The second-order valence-electron chi connectivity index (χ2n) is 12.5.